The Hall–Kier alpha value is -7.42. The van der Waals surface area contributed by atoms with Crippen molar-refractivity contribution in [3.05, 3.63) is 212 Å². The van der Waals surface area contributed by atoms with E-state index in [4.69, 9.17) is 4.42 Å². The molecule has 262 valence electrons. The molecule has 0 amide bonds. The lowest BCUT2D eigenvalue weighted by Gasteiger charge is -2.27. The van der Waals surface area contributed by atoms with E-state index in [-0.39, 0.29) is 0 Å². The standard InChI is InChI=1S/C54H35NO/c1-2-12-37(13-3-1)43-14-4-5-15-44(43)38-24-29-41(30-25-38)55(42-31-32-49-47-18-7-6-16-45(47)46-17-8-9-19-48(46)51(49)35-42)40-27-22-36(23-28-40)39-26-33-54-52(34-39)50-20-10-11-21-53(50)56-54/h1-35H. The van der Waals surface area contributed by atoms with E-state index in [1.165, 1.54) is 54.6 Å². The number of anilines is 3. The quantitative estimate of drug-likeness (QED) is 0.160. The summed E-state index contributed by atoms with van der Waals surface area (Å²) in [6.07, 6.45) is 0. The molecule has 0 spiro atoms. The van der Waals surface area contributed by atoms with Gasteiger partial charge in [0.05, 0.1) is 0 Å². The maximum absolute atomic E-state index is 6.13. The molecule has 11 rings (SSSR count). The Morgan fingerprint density at radius 2 is 0.696 bits per heavy atom. The van der Waals surface area contributed by atoms with Crippen LogP contribution in [0.15, 0.2) is 217 Å². The van der Waals surface area contributed by atoms with Gasteiger partial charge in [0.1, 0.15) is 11.2 Å². The lowest BCUT2D eigenvalue weighted by molar-refractivity contribution is 0.669. The van der Waals surface area contributed by atoms with Crippen LogP contribution in [-0.4, -0.2) is 0 Å². The van der Waals surface area contributed by atoms with Crippen LogP contribution >= 0.6 is 0 Å². The van der Waals surface area contributed by atoms with Gasteiger partial charge in [0.15, 0.2) is 0 Å². The fraction of sp³-hybridized carbons (Fsp3) is 0. The Morgan fingerprint density at radius 1 is 0.250 bits per heavy atom. The second-order valence-corrected chi connectivity index (χ2v) is 14.5. The summed E-state index contributed by atoms with van der Waals surface area (Å²) < 4.78 is 6.13. The first kappa shape index (κ1) is 32.0. The molecule has 1 heterocycles. The highest BCUT2D eigenvalue weighted by Gasteiger charge is 2.17. The van der Waals surface area contributed by atoms with Crippen molar-refractivity contribution in [1.29, 1.82) is 0 Å². The first-order chi connectivity index (χ1) is 27.8. The Kier molecular flexibility index (Phi) is 7.53. The fourth-order valence-electron chi connectivity index (χ4n) is 8.58. The maximum atomic E-state index is 6.13. The maximum Gasteiger partial charge on any atom is 0.135 e. The predicted octanol–water partition coefficient (Wildman–Crippen LogP) is 15.5. The molecule has 10 aromatic carbocycles. The molecule has 0 bridgehead atoms. The van der Waals surface area contributed by atoms with Crippen LogP contribution in [0.4, 0.5) is 17.1 Å². The molecule has 0 saturated carbocycles. The largest absolute Gasteiger partial charge is 0.456 e. The van der Waals surface area contributed by atoms with Crippen molar-refractivity contribution < 1.29 is 4.42 Å². The van der Waals surface area contributed by atoms with E-state index in [1.807, 2.05) is 12.1 Å². The van der Waals surface area contributed by atoms with E-state index in [0.29, 0.717) is 0 Å². The molecular weight excluding hydrogens is 679 g/mol. The SMILES string of the molecule is c1ccc(-c2ccccc2-c2ccc(N(c3ccc(-c4ccc5oc6ccccc6c5c4)cc3)c3ccc4c5ccccc5c5ccccc5c4c3)cc2)cc1. The first-order valence-corrected chi connectivity index (χ1v) is 19.2. The van der Waals surface area contributed by atoms with Gasteiger partial charge in [0.25, 0.3) is 0 Å². The van der Waals surface area contributed by atoms with E-state index < -0.39 is 0 Å². The summed E-state index contributed by atoms with van der Waals surface area (Å²) in [4.78, 5) is 2.38. The number of hydrogen-bond donors (Lipinski definition) is 0. The molecule has 0 aliphatic rings. The Morgan fingerprint density at radius 3 is 1.34 bits per heavy atom. The molecule has 0 saturated heterocycles. The van der Waals surface area contributed by atoms with Gasteiger partial charge in [-0.05, 0) is 120 Å². The van der Waals surface area contributed by atoms with E-state index in [0.717, 1.165) is 50.1 Å². The zero-order chi connectivity index (χ0) is 37.0. The number of rotatable bonds is 6. The van der Waals surface area contributed by atoms with E-state index in [1.54, 1.807) is 0 Å². The highest BCUT2D eigenvalue weighted by molar-refractivity contribution is 6.25. The third kappa shape index (κ3) is 5.34. The number of hydrogen-bond acceptors (Lipinski definition) is 2. The smallest absolute Gasteiger partial charge is 0.135 e. The van der Waals surface area contributed by atoms with Crippen molar-refractivity contribution in [2.45, 2.75) is 0 Å². The Labute approximate surface area is 325 Å². The van der Waals surface area contributed by atoms with Gasteiger partial charge in [-0.15, -0.1) is 0 Å². The number of furan rings is 1. The lowest BCUT2D eigenvalue weighted by Crippen LogP contribution is -2.10. The van der Waals surface area contributed by atoms with Crippen molar-refractivity contribution in [2.75, 3.05) is 4.90 Å². The number of nitrogens with zero attached hydrogens (tertiary/aromatic N) is 1. The topological polar surface area (TPSA) is 16.4 Å². The molecule has 0 aliphatic carbocycles. The third-order valence-corrected chi connectivity index (χ3v) is 11.3. The van der Waals surface area contributed by atoms with Gasteiger partial charge in [0, 0.05) is 27.8 Å². The molecule has 2 nitrogen and oxygen atoms in total. The lowest BCUT2D eigenvalue weighted by atomic mass is 9.93. The van der Waals surface area contributed by atoms with Crippen LogP contribution in [0.2, 0.25) is 0 Å². The van der Waals surface area contributed by atoms with Crippen LogP contribution in [-0.2, 0) is 0 Å². The van der Waals surface area contributed by atoms with Crippen molar-refractivity contribution in [2.24, 2.45) is 0 Å². The van der Waals surface area contributed by atoms with Crippen LogP contribution in [0.3, 0.4) is 0 Å². The van der Waals surface area contributed by atoms with Crippen LogP contribution in [0.1, 0.15) is 0 Å². The summed E-state index contributed by atoms with van der Waals surface area (Å²) in [5, 5.41) is 9.85. The Bertz CT molecular complexity index is 3200. The van der Waals surface area contributed by atoms with Gasteiger partial charge in [-0.25, -0.2) is 0 Å². The molecule has 2 heteroatoms. The zero-order valence-corrected chi connectivity index (χ0v) is 30.6. The van der Waals surface area contributed by atoms with Gasteiger partial charge >= 0.3 is 0 Å². The number of fused-ring (bicyclic) bond motifs is 9. The molecule has 0 aliphatic heterocycles. The molecule has 0 radical (unpaired) electrons. The van der Waals surface area contributed by atoms with Crippen molar-refractivity contribution in [1.82, 2.24) is 0 Å². The summed E-state index contributed by atoms with van der Waals surface area (Å²) in [5.41, 5.74) is 12.3. The minimum absolute atomic E-state index is 0.907. The van der Waals surface area contributed by atoms with Crippen LogP contribution < -0.4 is 4.90 Å². The van der Waals surface area contributed by atoms with Gasteiger partial charge in [0.2, 0.25) is 0 Å². The highest BCUT2D eigenvalue weighted by atomic mass is 16.3. The molecule has 1 aromatic heterocycles. The van der Waals surface area contributed by atoms with Crippen molar-refractivity contribution in [3.8, 4) is 33.4 Å². The monoisotopic (exact) mass is 713 g/mol. The van der Waals surface area contributed by atoms with Gasteiger partial charge in [-0.3, -0.25) is 0 Å². The zero-order valence-electron chi connectivity index (χ0n) is 30.6. The molecule has 56 heavy (non-hydrogen) atoms. The fourth-order valence-corrected chi connectivity index (χ4v) is 8.58. The third-order valence-electron chi connectivity index (χ3n) is 11.3. The molecule has 0 fully saturated rings. The highest BCUT2D eigenvalue weighted by Crippen LogP contribution is 2.42. The molecule has 0 atom stereocenters. The first-order valence-electron chi connectivity index (χ1n) is 19.2. The van der Waals surface area contributed by atoms with E-state index in [9.17, 15) is 0 Å². The average molecular weight is 714 g/mol. The number of para-hydroxylation sites is 1. The van der Waals surface area contributed by atoms with E-state index in [2.05, 4.69) is 205 Å². The molecular formula is C54H35NO. The molecule has 0 N–H and O–H groups in total. The summed E-state index contributed by atoms with van der Waals surface area (Å²) in [6.45, 7) is 0. The normalized spacial score (nSPS) is 11.6. The summed E-state index contributed by atoms with van der Waals surface area (Å²) in [6, 6.07) is 76.5. The minimum atomic E-state index is 0.907. The summed E-state index contributed by atoms with van der Waals surface area (Å²) in [7, 11) is 0. The van der Waals surface area contributed by atoms with Crippen LogP contribution in [0.5, 0.6) is 0 Å². The van der Waals surface area contributed by atoms with Gasteiger partial charge < -0.3 is 9.32 Å². The van der Waals surface area contributed by atoms with Crippen LogP contribution in [0, 0.1) is 0 Å². The number of benzene rings is 10. The molecule has 11 aromatic rings. The van der Waals surface area contributed by atoms with Crippen molar-refractivity contribution in [3.63, 3.8) is 0 Å². The van der Waals surface area contributed by atoms with Gasteiger partial charge in [-0.1, -0.05) is 158 Å². The van der Waals surface area contributed by atoms with Gasteiger partial charge in [-0.2, -0.15) is 0 Å². The van der Waals surface area contributed by atoms with Crippen molar-refractivity contribution >= 4 is 71.3 Å². The predicted molar refractivity (Wildman–Crippen MR) is 237 cm³/mol. The molecule has 0 unspecified atom stereocenters. The van der Waals surface area contributed by atoms with E-state index >= 15 is 0 Å². The average Bonchev–Trinajstić information content (AvgIpc) is 3.65. The summed E-state index contributed by atoms with van der Waals surface area (Å²) >= 11 is 0. The second kappa shape index (κ2) is 13.2. The minimum Gasteiger partial charge on any atom is -0.456 e. The second-order valence-electron chi connectivity index (χ2n) is 14.5. The summed E-state index contributed by atoms with van der Waals surface area (Å²) in [5.74, 6) is 0. The Balaban J connectivity index is 1.05. The van der Waals surface area contributed by atoms with Crippen LogP contribution in [0.25, 0.3) is 87.6 Å².